The van der Waals surface area contributed by atoms with Crippen LogP contribution < -0.4 is 15.1 Å². The highest BCUT2D eigenvalue weighted by Crippen LogP contribution is 2.23. The SMILES string of the molecule is CC(C)(C)OC(=O)CCN1CCN(c2cc(N[C@@H]3CCCN(c4cccc(F)c4)C3)ncn2)CC1. The Morgan fingerprint density at radius 3 is 2.66 bits per heavy atom. The first-order valence-corrected chi connectivity index (χ1v) is 12.5. The zero-order chi connectivity index (χ0) is 24.8. The lowest BCUT2D eigenvalue weighted by Crippen LogP contribution is -2.47. The third-order valence-electron chi connectivity index (χ3n) is 6.35. The van der Waals surface area contributed by atoms with Gasteiger partial charge in [-0.15, -0.1) is 0 Å². The number of carbonyl (C=O) groups excluding carboxylic acids is 1. The van der Waals surface area contributed by atoms with Gasteiger partial charge in [0.25, 0.3) is 0 Å². The van der Waals surface area contributed by atoms with Crippen molar-refractivity contribution in [3.8, 4) is 0 Å². The van der Waals surface area contributed by atoms with Crippen molar-refractivity contribution in [2.75, 3.05) is 60.9 Å². The molecule has 2 aliphatic rings. The molecule has 0 aliphatic carbocycles. The summed E-state index contributed by atoms with van der Waals surface area (Å²) in [6.07, 6.45) is 4.10. The minimum atomic E-state index is -0.441. The van der Waals surface area contributed by atoms with E-state index in [1.165, 1.54) is 6.07 Å². The molecule has 0 bridgehead atoms. The van der Waals surface area contributed by atoms with E-state index in [1.807, 2.05) is 32.9 Å². The number of hydrogen-bond acceptors (Lipinski definition) is 8. The Labute approximate surface area is 207 Å². The number of rotatable bonds is 7. The summed E-state index contributed by atoms with van der Waals surface area (Å²) in [7, 11) is 0. The highest BCUT2D eigenvalue weighted by atomic mass is 19.1. The van der Waals surface area contributed by atoms with E-state index in [0.29, 0.717) is 13.0 Å². The molecule has 1 aromatic heterocycles. The first-order valence-electron chi connectivity index (χ1n) is 12.5. The molecule has 0 spiro atoms. The molecule has 8 nitrogen and oxygen atoms in total. The number of aromatic nitrogens is 2. The molecule has 0 saturated carbocycles. The summed E-state index contributed by atoms with van der Waals surface area (Å²) in [5.41, 5.74) is 0.480. The number of halogens is 1. The van der Waals surface area contributed by atoms with Crippen LogP contribution in [0, 0.1) is 5.82 Å². The van der Waals surface area contributed by atoms with Crippen LogP contribution in [-0.4, -0.2) is 78.3 Å². The van der Waals surface area contributed by atoms with Crippen LogP contribution in [0.5, 0.6) is 0 Å². The molecule has 4 rings (SSSR count). The number of piperazine rings is 1. The van der Waals surface area contributed by atoms with Crippen LogP contribution in [0.1, 0.15) is 40.0 Å². The standard InChI is InChI=1S/C26H37FN6O2/c1-26(2,3)35-25(34)9-11-31-12-14-32(15-13-31)24-17-23(28-19-29-24)30-21-7-5-10-33(18-21)22-8-4-6-20(27)16-22/h4,6,8,16-17,19,21H,5,7,9-15,18H2,1-3H3,(H,28,29,30)/t21-/m1/s1. The fourth-order valence-corrected chi connectivity index (χ4v) is 4.65. The fourth-order valence-electron chi connectivity index (χ4n) is 4.65. The molecule has 0 radical (unpaired) electrons. The van der Waals surface area contributed by atoms with Crippen LogP contribution in [-0.2, 0) is 9.53 Å². The Morgan fingerprint density at radius 2 is 1.91 bits per heavy atom. The maximum atomic E-state index is 13.7. The highest BCUT2D eigenvalue weighted by molar-refractivity contribution is 5.70. The van der Waals surface area contributed by atoms with Crippen LogP contribution in [0.4, 0.5) is 21.7 Å². The summed E-state index contributed by atoms with van der Waals surface area (Å²) in [6, 6.07) is 9.04. The largest absolute Gasteiger partial charge is 0.460 e. The molecule has 0 unspecified atom stereocenters. The predicted octanol–water partition coefficient (Wildman–Crippen LogP) is 3.55. The second-order valence-corrected chi connectivity index (χ2v) is 10.3. The summed E-state index contributed by atoms with van der Waals surface area (Å²) in [5, 5.41) is 3.56. The average molecular weight is 485 g/mol. The average Bonchev–Trinajstić information content (AvgIpc) is 2.82. The number of piperidine rings is 1. The summed E-state index contributed by atoms with van der Waals surface area (Å²) in [4.78, 5) is 27.7. The lowest BCUT2D eigenvalue weighted by atomic mass is 10.0. The Balaban J connectivity index is 1.27. The molecule has 3 heterocycles. The summed E-state index contributed by atoms with van der Waals surface area (Å²) in [5.74, 6) is 1.37. The van der Waals surface area contributed by atoms with Crippen molar-refractivity contribution in [2.24, 2.45) is 0 Å². The second-order valence-electron chi connectivity index (χ2n) is 10.3. The topological polar surface area (TPSA) is 73.8 Å². The zero-order valence-electron chi connectivity index (χ0n) is 21.0. The van der Waals surface area contributed by atoms with Crippen molar-refractivity contribution in [1.82, 2.24) is 14.9 Å². The third-order valence-corrected chi connectivity index (χ3v) is 6.35. The maximum Gasteiger partial charge on any atom is 0.307 e. The molecule has 190 valence electrons. The normalized spacial score (nSPS) is 19.5. The Morgan fingerprint density at radius 1 is 1.11 bits per heavy atom. The molecule has 1 atom stereocenters. The lowest BCUT2D eigenvalue weighted by Gasteiger charge is -2.36. The molecule has 0 amide bonds. The zero-order valence-corrected chi connectivity index (χ0v) is 21.0. The van der Waals surface area contributed by atoms with E-state index in [9.17, 15) is 9.18 Å². The van der Waals surface area contributed by atoms with Crippen molar-refractivity contribution in [3.05, 3.63) is 42.5 Å². The van der Waals surface area contributed by atoms with Gasteiger partial charge in [0.15, 0.2) is 0 Å². The molecular formula is C26H37FN6O2. The molecule has 1 N–H and O–H groups in total. The van der Waals surface area contributed by atoms with Crippen molar-refractivity contribution in [2.45, 2.75) is 51.7 Å². The van der Waals surface area contributed by atoms with Crippen LogP contribution in [0.2, 0.25) is 0 Å². The van der Waals surface area contributed by atoms with Gasteiger partial charge in [0.2, 0.25) is 0 Å². The van der Waals surface area contributed by atoms with E-state index >= 15 is 0 Å². The number of nitrogens with one attached hydrogen (secondary N) is 1. The smallest absolute Gasteiger partial charge is 0.307 e. The van der Waals surface area contributed by atoms with Crippen LogP contribution >= 0.6 is 0 Å². The number of hydrogen-bond donors (Lipinski definition) is 1. The number of carbonyl (C=O) groups is 1. The molecule has 35 heavy (non-hydrogen) atoms. The monoisotopic (exact) mass is 484 g/mol. The molecule has 1 aromatic carbocycles. The van der Waals surface area contributed by atoms with Crippen molar-refractivity contribution in [3.63, 3.8) is 0 Å². The van der Waals surface area contributed by atoms with Gasteiger partial charge in [-0.2, -0.15) is 0 Å². The Kier molecular flexibility index (Phi) is 8.05. The molecule has 2 aromatic rings. The van der Waals surface area contributed by atoms with E-state index in [0.717, 1.165) is 69.4 Å². The second kappa shape index (κ2) is 11.2. The van der Waals surface area contributed by atoms with Gasteiger partial charge in [0, 0.05) is 63.6 Å². The van der Waals surface area contributed by atoms with Gasteiger partial charge < -0.3 is 19.9 Å². The summed E-state index contributed by atoms with van der Waals surface area (Å²) >= 11 is 0. The van der Waals surface area contributed by atoms with E-state index in [2.05, 4.69) is 30.0 Å². The van der Waals surface area contributed by atoms with E-state index in [4.69, 9.17) is 4.74 Å². The Hall–Kier alpha value is -2.94. The maximum absolute atomic E-state index is 13.7. The van der Waals surface area contributed by atoms with Crippen LogP contribution in [0.3, 0.4) is 0 Å². The number of esters is 1. The van der Waals surface area contributed by atoms with E-state index in [-0.39, 0.29) is 17.8 Å². The van der Waals surface area contributed by atoms with Crippen molar-refractivity contribution >= 4 is 23.3 Å². The number of benzene rings is 1. The van der Waals surface area contributed by atoms with Crippen molar-refractivity contribution < 1.29 is 13.9 Å². The van der Waals surface area contributed by atoms with Gasteiger partial charge in [-0.3, -0.25) is 9.69 Å². The fraction of sp³-hybridized carbons (Fsp3) is 0.577. The minimum Gasteiger partial charge on any atom is -0.460 e. The highest BCUT2D eigenvalue weighted by Gasteiger charge is 2.23. The van der Waals surface area contributed by atoms with Gasteiger partial charge in [-0.1, -0.05) is 6.07 Å². The minimum absolute atomic E-state index is 0.148. The lowest BCUT2D eigenvalue weighted by molar-refractivity contribution is -0.155. The molecular weight excluding hydrogens is 447 g/mol. The Bertz CT molecular complexity index is 990. The van der Waals surface area contributed by atoms with Gasteiger partial charge >= 0.3 is 5.97 Å². The molecule has 2 fully saturated rings. The number of anilines is 3. The molecule has 2 aliphatic heterocycles. The van der Waals surface area contributed by atoms with Crippen molar-refractivity contribution in [1.29, 1.82) is 0 Å². The first-order chi connectivity index (χ1) is 16.7. The third kappa shape index (κ3) is 7.52. The molecule has 9 heteroatoms. The van der Waals surface area contributed by atoms with Gasteiger partial charge in [0.05, 0.1) is 6.42 Å². The van der Waals surface area contributed by atoms with Crippen LogP contribution in [0.15, 0.2) is 36.7 Å². The van der Waals surface area contributed by atoms with Gasteiger partial charge in [0.1, 0.15) is 29.4 Å². The van der Waals surface area contributed by atoms with Gasteiger partial charge in [-0.25, -0.2) is 14.4 Å². The quantitative estimate of drug-likeness (QED) is 0.598. The van der Waals surface area contributed by atoms with E-state index in [1.54, 1.807) is 18.5 Å². The first kappa shape index (κ1) is 25.2. The summed E-state index contributed by atoms with van der Waals surface area (Å²) < 4.78 is 19.1. The number of ether oxygens (including phenoxy) is 1. The number of nitrogens with zero attached hydrogens (tertiary/aromatic N) is 5. The van der Waals surface area contributed by atoms with Gasteiger partial charge in [-0.05, 0) is 51.8 Å². The van der Waals surface area contributed by atoms with Crippen LogP contribution in [0.25, 0.3) is 0 Å². The molecule has 2 saturated heterocycles. The van der Waals surface area contributed by atoms with E-state index < -0.39 is 5.60 Å². The predicted molar refractivity (Wildman–Crippen MR) is 136 cm³/mol. The summed E-state index contributed by atoms with van der Waals surface area (Å²) in [6.45, 7) is 11.6.